The highest BCUT2D eigenvalue weighted by atomic mass is 32.2. The fourth-order valence-electron chi connectivity index (χ4n) is 1.39. The molecule has 22 heavy (non-hydrogen) atoms. The fraction of sp³-hybridized carbons (Fsp3) is 0.333. The lowest BCUT2D eigenvalue weighted by atomic mass is 10.2. The Morgan fingerprint density at radius 2 is 1.82 bits per heavy atom. The first-order chi connectivity index (χ1) is 9.99. The topological polar surface area (TPSA) is 92.3 Å². The third kappa shape index (κ3) is 6.12. The molecule has 0 saturated carbocycles. The van der Waals surface area contributed by atoms with Crippen molar-refractivity contribution in [2.24, 2.45) is 0 Å². The largest absolute Gasteiger partial charge is 0.405 e. The van der Waals surface area contributed by atoms with E-state index < -0.39 is 40.9 Å². The molecule has 0 spiro atoms. The van der Waals surface area contributed by atoms with Crippen LogP contribution in [0.15, 0.2) is 29.2 Å². The van der Waals surface area contributed by atoms with Crippen molar-refractivity contribution in [3.8, 4) is 0 Å². The monoisotopic (exact) mass is 338 g/mol. The van der Waals surface area contributed by atoms with Crippen LogP contribution in [0.5, 0.6) is 0 Å². The molecule has 10 heteroatoms. The molecular formula is C12H13F3N2O4S. The van der Waals surface area contributed by atoms with E-state index in [1.54, 1.807) is 5.32 Å². The molecule has 0 heterocycles. The zero-order chi connectivity index (χ0) is 17.0. The Morgan fingerprint density at radius 1 is 1.18 bits per heavy atom. The van der Waals surface area contributed by atoms with Gasteiger partial charge in [0.1, 0.15) is 6.54 Å². The summed E-state index contributed by atoms with van der Waals surface area (Å²) in [6, 6.07) is 5.06. The van der Waals surface area contributed by atoms with Gasteiger partial charge in [0, 0.05) is 11.8 Å². The smallest absolute Gasteiger partial charge is 0.345 e. The third-order valence-corrected chi connectivity index (χ3v) is 3.53. The van der Waals surface area contributed by atoms with Gasteiger partial charge in [-0.15, -0.1) is 0 Å². The van der Waals surface area contributed by atoms with Crippen LogP contribution in [0.2, 0.25) is 0 Å². The van der Waals surface area contributed by atoms with E-state index in [1.165, 1.54) is 18.2 Å². The molecule has 0 aromatic heterocycles. The van der Waals surface area contributed by atoms with Gasteiger partial charge in [0.2, 0.25) is 5.91 Å². The lowest BCUT2D eigenvalue weighted by Crippen LogP contribution is -2.40. The molecule has 0 bridgehead atoms. The minimum Gasteiger partial charge on any atom is -0.345 e. The van der Waals surface area contributed by atoms with E-state index in [0.717, 1.165) is 12.3 Å². The molecule has 0 aliphatic heterocycles. The van der Waals surface area contributed by atoms with Crippen LogP contribution in [0.3, 0.4) is 0 Å². The van der Waals surface area contributed by atoms with E-state index in [4.69, 9.17) is 0 Å². The molecule has 0 fully saturated rings. The van der Waals surface area contributed by atoms with Crippen LogP contribution in [0, 0.1) is 0 Å². The Morgan fingerprint density at radius 3 is 2.36 bits per heavy atom. The number of rotatable bonds is 5. The first-order valence-electron chi connectivity index (χ1n) is 5.91. The fourth-order valence-corrected chi connectivity index (χ4v) is 2.06. The van der Waals surface area contributed by atoms with E-state index >= 15 is 0 Å². The van der Waals surface area contributed by atoms with Crippen molar-refractivity contribution < 1.29 is 31.2 Å². The number of halogens is 3. The van der Waals surface area contributed by atoms with Crippen molar-refractivity contribution in [3.63, 3.8) is 0 Å². The maximum absolute atomic E-state index is 11.9. The predicted molar refractivity (Wildman–Crippen MR) is 70.9 cm³/mol. The average molecular weight is 338 g/mol. The normalized spacial score (nSPS) is 11.8. The number of carbonyl (C=O) groups is 2. The van der Waals surface area contributed by atoms with Gasteiger partial charge in [0.05, 0.1) is 11.4 Å². The number of hydrogen-bond donors (Lipinski definition) is 2. The van der Waals surface area contributed by atoms with Crippen molar-refractivity contribution in [3.05, 3.63) is 29.8 Å². The SMILES string of the molecule is CS(=O)(=O)c1cccc(C(=O)NCC(=O)NCC(F)(F)F)c1. The Labute approximate surface area is 124 Å². The zero-order valence-electron chi connectivity index (χ0n) is 11.4. The van der Waals surface area contributed by atoms with Crippen molar-refractivity contribution in [1.29, 1.82) is 0 Å². The predicted octanol–water partition coefficient (Wildman–Crippen LogP) is 0.498. The van der Waals surface area contributed by atoms with Gasteiger partial charge in [-0.05, 0) is 18.2 Å². The van der Waals surface area contributed by atoms with E-state index in [1.807, 2.05) is 0 Å². The first-order valence-corrected chi connectivity index (χ1v) is 7.80. The van der Waals surface area contributed by atoms with E-state index in [9.17, 15) is 31.2 Å². The lowest BCUT2D eigenvalue weighted by molar-refractivity contribution is -0.137. The summed E-state index contributed by atoms with van der Waals surface area (Å²) in [6.07, 6.45) is -3.57. The van der Waals surface area contributed by atoms with Gasteiger partial charge < -0.3 is 10.6 Å². The van der Waals surface area contributed by atoms with E-state index in [-0.39, 0.29) is 10.5 Å². The Bertz CT molecular complexity index is 671. The number of hydrogen-bond acceptors (Lipinski definition) is 4. The summed E-state index contributed by atoms with van der Waals surface area (Å²) in [6.45, 7) is -2.15. The number of benzene rings is 1. The Kier molecular flexibility index (Phi) is 5.53. The molecule has 0 aliphatic carbocycles. The Hall–Kier alpha value is -2.10. The molecule has 1 aromatic rings. The zero-order valence-corrected chi connectivity index (χ0v) is 12.2. The summed E-state index contributed by atoms with van der Waals surface area (Å²) in [5.74, 6) is -1.78. The van der Waals surface area contributed by atoms with Crippen LogP contribution in [0.1, 0.15) is 10.4 Å². The minimum atomic E-state index is -4.54. The summed E-state index contributed by atoms with van der Waals surface area (Å²) in [5, 5.41) is 3.69. The van der Waals surface area contributed by atoms with Crippen molar-refractivity contribution in [1.82, 2.24) is 10.6 Å². The number of amides is 2. The van der Waals surface area contributed by atoms with Gasteiger partial charge in [-0.3, -0.25) is 9.59 Å². The maximum Gasteiger partial charge on any atom is 0.405 e. The first kappa shape index (κ1) is 18.0. The molecule has 0 atom stereocenters. The third-order valence-electron chi connectivity index (χ3n) is 2.42. The van der Waals surface area contributed by atoms with Crippen LogP contribution in [-0.4, -0.2) is 45.8 Å². The Balaban J connectivity index is 2.61. The van der Waals surface area contributed by atoms with Gasteiger partial charge >= 0.3 is 6.18 Å². The summed E-state index contributed by atoms with van der Waals surface area (Å²) < 4.78 is 58.3. The van der Waals surface area contributed by atoms with Gasteiger partial charge in [-0.1, -0.05) is 6.07 Å². The molecule has 2 amide bonds. The summed E-state index contributed by atoms with van der Waals surface area (Å²) in [5.41, 5.74) is -0.0217. The molecule has 6 nitrogen and oxygen atoms in total. The van der Waals surface area contributed by atoms with Gasteiger partial charge in [-0.25, -0.2) is 8.42 Å². The summed E-state index contributed by atoms with van der Waals surface area (Å²) in [7, 11) is -3.50. The highest BCUT2D eigenvalue weighted by Gasteiger charge is 2.27. The number of sulfone groups is 1. The highest BCUT2D eigenvalue weighted by molar-refractivity contribution is 7.90. The lowest BCUT2D eigenvalue weighted by Gasteiger charge is -2.09. The van der Waals surface area contributed by atoms with Crippen LogP contribution < -0.4 is 10.6 Å². The quantitative estimate of drug-likeness (QED) is 0.818. The molecule has 2 N–H and O–H groups in total. The second-order valence-electron chi connectivity index (χ2n) is 4.37. The summed E-state index contributed by atoms with van der Waals surface area (Å²) >= 11 is 0. The molecule has 0 aliphatic rings. The number of alkyl halides is 3. The van der Waals surface area contributed by atoms with Gasteiger partial charge in [0.25, 0.3) is 5.91 Å². The number of carbonyl (C=O) groups excluding carboxylic acids is 2. The van der Waals surface area contributed by atoms with E-state index in [0.29, 0.717) is 0 Å². The van der Waals surface area contributed by atoms with Gasteiger partial charge in [0.15, 0.2) is 9.84 Å². The van der Waals surface area contributed by atoms with Crippen molar-refractivity contribution >= 4 is 21.7 Å². The molecule has 1 rings (SSSR count). The molecule has 122 valence electrons. The molecule has 0 radical (unpaired) electrons. The second-order valence-corrected chi connectivity index (χ2v) is 6.39. The maximum atomic E-state index is 11.9. The summed E-state index contributed by atoms with van der Waals surface area (Å²) in [4.78, 5) is 22.8. The van der Waals surface area contributed by atoms with Crippen LogP contribution in [0.25, 0.3) is 0 Å². The second kappa shape index (κ2) is 6.77. The van der Waals surface area contributed by atoms with Gasteiger partial charge in [-0.2, -0.15) is 13.2 Å². The molecule has 1 aromatic carbocycles. The van der Waals surface area contributed by atoms with Crippen molar-refractivity contribution in [2.75, 3.05) is 19.3 Å². The standard InChI is InChI=1S/C12H13F3N2O4S/c1-22(20,21)9-4-2-3-8(5-9)11(19)16-6-10(18)17-7-12(13,14)15/h2-5H,6-7H2,1H3,(H,16,19)(H,17,18). The minimum absolute atomic E-state index is 0.0217. The highest BCUT2D eigenvalue weighted by Crippen LogP contribution is 2.12. The number of nitrogens with one attached hydrogen (secondary N) is 2. The van der Waals surface area contributed by atoms with Crippen molar-refractivity contribution in [2.45, 2.75) is 11.1 Å². The average Bonchev–Trinajstić information content (AvgIpc) is 2.41. The van der Waals surface area contributed by atoms with E-state index in [2.05, 4.69) is 5.32 Å². The van der Waals surface area contributed by atoms with Crippen LogP contribution in [0.4, 0.5) is 13.2 Å². The van der Waals surface area contributed by atoms with Crippen LogP contribution >= 0.6 is 0 Å². The molecular weight excluding hydrogens is 325 g/mol. The van der Waals surface area contributed by atoms with Crippen LogP contribution in [-0.2, 0) is 14.6 Å². The molecule has 0 saturated heterocycles. The molecule has 0 unspecified atom stereocenters.